The number of aldehydes is 1. The fraction of sp³-hybridized carbons (Fsp3) is 0.417. The number of morpholine rings is 1. The molecule has 0 saturated carbocycles. The van der Waals surface area contributed by atoms with Crippen molar-refractivity contribution in [1.29, 1.82) is 0 Å². The van der Waals surface area contributed by atoms with Gasteiger partial charge in [0, 0.05) is 22.3 Å². The monoisotopic (exact) mass is 299 g/mol. The zero-order valence-electron chi connectivity index (χ0n) is 9.30. The molecule has 0 amide bonds. The van der Waals surface area contributed by atoms with Crippen molar-refractivity contribution in [3.05, 3.63) is 28.2 Å². The Balaban J connectivity index is 2.25. The van der Waals surface area contributed by atoms with E-state index in [-0.39, 0.29) is 12.6 Å². The maximum atomic E-state index is 10.7. The molecule has 0 aromatic heterocycles. The Labute approximate surface area is 108 Å². The van der Waals surface area contributed by atoms with Crippen molar-refractivity contribution in [2.24, 2.45) is 0 Å². The number of hydrogen-bond acceptors (Lipinski definition) is 4. The lowest BCUT2D eigenvalue weighted by Crippen LogP contribution is -2.47. The highest BCUT2D eigenvalue weighted by atomic mass is 79.9. The number of carbonyl (C=O) groups is 1. The fourth-order valence-electron chi connectivity index (χ4n) is 1.94. The Morgan fingerprint density at radius 1 is 1.59 bits per heavy atom. The van der Waals surface area contributed by atoms with Crippen molar-refractivity contribution in [2.75, 3.05) is 31.3 Å². The molecule has 17 heavy (non-hydrogen) atoms. The molecule has 0 aliphatic carbocycles. The van der Waals surface area contributed by atoms with Gasteiger partial charge in [0.2, 0.25) is 0 Å². The van der Waals surface area contributed by atoms with Gasteiger partial charge in [-0.15, -0.1) is 0 Å². The van der Waals surface area contributed by atoms with Crippen molar-refractivity contribution in [3.63, 3.8) is 0 Å². The summed E-state index contributed by atoms with van der Waals surface area (Å²) in [4.78, 5) is 12.8. The number of anilines is 1. The molecule has 0 radical (unpaired) electrons. The van der Waals surface area contributed by atoms with Gasteiger partial charge in [-0.1, -0.05) is 0 Å². The number of benzene rings is 1. The molecule has 0 spiro atoms. The topological polar surface area (TPSA) is 49.8 Å². The van der Waals surface area contributed by atoms with Gasteiger partial charge >= 0.3 is 0 Å². The normalized spacial score (nSPS) is 20.4. The van der Waals surface area contributed by atoms with Crippen molar-refractivity contribution in [3.8, 4) is 0 Å². The van der Waals surface area contributed by atoms with Crippen LogP contribution in [-0.2, 0) is 4.74 Å². The number of carbonyl (C=O) groups excluding carboxylic acids is 1. The zero-order valence-corrected chi connectivity index (χ0v) is 10.9. The van der Waals surface area contributed by atoms with Crippen LogP contribution in [0.5, 0.6) is 0 Å². The predicted octanol–water partition coefficient (Wildman–Crippen LogP) is 1.46. The molecule has 2 rings (SSSR count). The van der Waals surface area contributed by atoms with E-state index in [0.717, 1.165) is 23.0 Å². The smallest absolute Gasteiger partial charge is 0.151 e. The van der Waals surface area contributed by atoms with Gasteiger partial charge in [-0.3, -0.25) is 4.79 Å². The molecule has 0 bridgehead atoms. The Hall–Kier alpha value is -0.910. The molecule has 1 aromatic carbocycles. The van der Waals surface area contributed by atoms with E-state index in [4.69, 9.17) is 4.74 Å². The largest absolute Gasteiger partial charge is 0.394 e. The Morgan fingerprint density at radius 2 is 2.41 bits per heavy atom. The summed E-state index contributed by atoms with van der Waals surface area (Å²) in [6.45, 7) is 2.00. The van der Waals surface area contributed by atoms with E-state index < -0.39 is 0 Å². The maximum Gasteiger partial charge on any atom is 0.151 e. The molecule has 5 heteroatoms. The van der Waals surface area contributed by atoms with E-state index in [1.54, 1.807) is 6.07 Å². The molecule has 92 valence electrons. The first-order valence-electron chi connectivity index (χ1n) is 5.46. The summed E-state index contributed by atoms with van der Waals surface area (Å²) in [7, 11) is 0. The third-order valence-electron chi connectivity index (χ3n) is 2.88. The molecule has 1 aromatic rings. The van der Waals surface area contributed by atoms with Crippen molar-refractivity contribution in [2.45, 2.75) is 6.04 Å². The quantitative estimate of drug-likeness (QED) is 0.859. The van der Waals surface area contributed by atoms with Gasteiger partial charge in [-0.05, 0) is 34.1 Å². The Morgan fingerprint density at radius 3 is 3.06 bits per heavy atom. The first kappa shape index (κ1) is 12.5. The van der Waals surface area contributed by atoms with Gasteiger partial charge in [0.15, 0.2) is 6.29 Å². The van der Waals surface area contributed by atoms with Crippen LogP contribution in [0.25, 0.3) is 0 Å². The van der Waals surface area contributed by atoms with E-state index in [1.165, 1.54) is 0 Å². The van der Waals surface area contributed by atoms with Crippen LogP contribution < -0.4 is 4.90 Å². The highest BCUT2D eigenvalue weighted by Crippen LogP contribution is 2.25. The molecule has 1 aliphatic heterocycles. The van der Waals surface area contributed by atoms with Crippen LogP contribution in [0.4, 0.5) is 5.69 Å². The van der Waals surface area contributed by atoms with Crippen LogP contribution in [0.2, 0.25) is 0 Å². The lowest BCUT2D eigenvalue weighted by molar-refractivity contribution is 0.0727. The molecular formula is C12H14BrNO3. The van der Waals surface area contributed by atoms with Crippen molar-refractivity contribution < 1.29 is 14.6 Å². The zero-order chi connectivity index (χ0) is 12.3. The van der Waals surface area contributed by atoms with Crippen LogP contribution >= 0.6 is 15.9 Å². The fourth-order valence-corrected chi connectivity index (χ4v) is 2.40. The van der Waals surface area contributed by atoms with Gasteiger partial charge in [-0.2, -0.15) is 0 Å². The number of aliphatic hydroxyl groups is 1. The summed E-state index contributed by atoms with van der Waals surface area (Å²) < 4.78 is 6.10. The second-order valence-corrected chi connectivity index (χ2v) is 4.78. The van der Waals surface area contributed by atoms with E-state index in [1.807, 2.05) is 12.1 Å². The van der Waals surface area contributed by atoms with E-state index in [9.17, 15) is 9.90 Å². The first-order valence-corrected chi connectivity index (χ1v) is 6.25. The molecule has 1 saturated heterocycles. The summed E-state index contributed by atoms with van der Waals surface area (Å²) in [6, 6.07) is 5.55. The summed E-state index contributed by atoms with van der Waals surface area (Å²) >= 11 is 3.36. The Bertz CT molecular complexity index is 411. The second kappa shape index (κ2) is 5.62. The van der Waals surface area contributed by atoms with Gasteiger partial charge in [0.1, 0.15) is 0 Å². The lowest BCUT2D eigenvalue weighted by atomic mass is 10.1. The number of nitrogens with zero attached hydrogens (tertiary/aromatic N) is 1. The molecule has 1 fully saturated rings. The minimum absolute atomic E-state index is 0.0160. The summed E-state index contributed by atoms with van der Waals surface area (Å²) in [6.07, 6.45) is 0.816. The summed E-state index contributed by atoms with van der Waals surface area (Å²) in [5, 5.41) is 9.30. The van der Waals surface area contributed by atoms with Crippen molar-refractivity contribution >= 4 is 27.9 Å². The maximum absolute atomic E-state index is 10.7. The molecule has 1 aliphatic rings. The van der Waals surface area contributed by atoms with Gasteiger partial charge in [0.05, 0.1) is 25.9 Å². The average Bonchev–Trinajstić information content (AvgIpc) is 2.38. The Kier molecular flexibility index (Phi) is 4.15. The number of halogens is 1. The van der Waals surface area contributed by atoms with Crippen LogP contribution in [-0.4, -0.2) is 43.8 Å². The standard InChI is InChI=1S/C12H14BrNO3/c13-12-5-10(2-1-9(12)6-15)14-3-4-17-8-11(14)7-16/h1-2,5-6,11,16H,3-4,7-8H2. The third kappa shape index (κ3) is 2.68. The average molecular weight is 300 g/mol. The first-order chi connectivity index (χ1) is 8.26. The molecule has 1 heterocycles. The van der Waals surface area contributed by atoms with Gasteiger partial charge in [0.25, 0.3) is 0 Å². The summed E-state index contributed by atoms with van der Waals surface area (Å²) in [5.41, 5.74) is 1.62. The molecule has 1 atom stereocenters. The minimum Gasteiger partial charge on any atom is -0.394 e. The van der Waals surface area contributed by atoms with Gasteiger partial charge < -0.3 is 14.7 Å². The number of hydrogen-bond donors (Lipinski definition) is 1. The van der Waals surface area contributed by atoms with Gasteiger partial charge in [-0.25, -0.2) is 0 Å². The molecule has 1 unspecified atom stereocenters. The molecule has 1 N–H and O–H groups in total. The van der Waals surface area contributed by atoms with E-state index >= 15 is 0 Å². The lowest BCUT2D eigenvalue weighted by Gasteiger charge is -2.36. The van der Waals surface area contributed by atoms with E-state index in [2.05, 4.69) is 20.8 Å². The SMILES string of the molecule is O=Cc1ccc(N2CCOCC2CO)cc1Br. The van der Waals surface area contributed by atoms with Crippen LogP contribution in [0.3, 0.4) is 0 Å². The predicted molar refractivity (Wildman–Crippen MR) is 68.6 cm³/mol. The van der Waals surface area contributed by atoms with Crippen LogP contribution in [0.1, 0.15) is 10.4 Å². The van der Waals surface area contributed by atoms with Crippen LogP contribution in [0, 0.1) is 0 Å². The number of rotatable bonds is 3. The number of aliphatic hydroxyl groups excluding tert-OH is 1. The third-order valence-corrected chi connectivity index (χ3v) is 3.57. The molecule has 4 nitrogen and oxygen atoms in total. The molecular weight excluding hydrogens is 286 g/mol. The summed E-state index contributed by atoms with van der Waals surface area (Å²) in [5.74, 6) is 0. The van der Waals surface area contributed by atoms with Crippen molar-refractivity contribution in [1.82, 2.24) is 0 Å². The van der Waals surface area contributed by atoms with Crippen LogP contribution in [0.15, 0.2) is 22.7 Å². The highest BCUT2D eigenvalue weighted by Gasteiger charge is 2.22. The van der Waals surface area contributed by atoms with E-state index in [0.29, 0.717) is 18.8 Å². The highest BCUT2D eigenvalue weighted by molar-refractivity contribution is 9.10. The second-order valence-electron chi connectivity index (χ2n) is 3.93. The number of ether oxygens (including phenoxy) is 1. The minimum atomic E-state index is -0.0160.